The number of hydrogen-bond acceptors (Lipinski definition) is 4. The predicted molar refractivity (Wildman–Crippen MR) is 72.8 cm³/mol. The molecule has 1 aromatic carbocycles. The minimum atomic E-state index is -0.467. The van der Waals surface area contributed by atoms with Crippen LogP contribution in [0.4, 0.5) is 4.39 Å². The van der Waals surface area contributed by atoms with Crippen molar-refractivity contribution in [2.75, 3.05) is 6.61 Å². The van der Waals surface area contributed by atoms with Crippen molar-refractivity contribution >= 4 is 5.71 Å². The maximum Gasteiger partial charge on any atom is 0.136 e. The van der Waals surface area contributed by atoms with E-state index in [0.29, 0.717) is 12.4 Å². The molecule has 0 fully saturated rings. The lowest BCUT2D eigenvalue weighted by Crippen LogP contribution is -2.02. The Morgan fingerprint density at radius 2 is 2.35 bits per heavy atom. The molecular weight excluding hydrogens is 261 g/mol. The normalized spacial score (nSPS) is 11.6. The predicted octanol–water partition coefficient (Wildman–Crippen LogP) is 2.76. The number of ether oxygens (including phenoxy) is 1. The average molecular weight is 277 g/mol. The lowest BCUT2D eigenvalue weighted by molar-refractivity contribution is 0.308. The molecule has 6 heteroatoms. The van der Waals surface area contributed by atoms with Crippen LogP contribution in [0.3, 0.4) is 0 Å². The van der Waals surface area contributed by atoms with Crippen molar-refractivity contribution in [3.8, 4) is 5.75 Å². The summed E-state index contributed by atoms with van der Waals surface area (Å²) < 4.78 is 19.2. The second-order valence-electron chi connectivity index (χ2n) is 4.34. The Bertz CT molecular complexity index is 582. The average Bonchev–Trinajstić information content (AvgIpc) is 2.96. The number of aryl methyl sites for hydroxylation is 1. The first-order valence-electron chi connectivity index (χ1n) is 6.29. The minimum Gasteiger partial charge on any atom is -0.493 e. The third-order valence-electron chi connectivity index (χ3n) is 2.88. The van der Waals surface area contributed by atoms with Crippen LogP contribution in [0.1, 0.15) is 24.6 Å². The highest BCUT2D eigenvalue weighted by Crippen LogP contribution is 2.17. The van der Waals surface area contributed by atoms with Gasteiger partial charge in [0.1, 0.15) is 11.6 Å². The van der Waals surface area contributed by atoms with Crippen molar-refractivity contribution < 1.29 is 14.3 Å². The molecule has 0 radical (unpaired) electrons. The van der Waals surface area contributed by atoms with Crippen LogP contribution >= 0.6 is 0 Å². The van der Waals surface area contributed by atoms with Crippen LogP contribution in [0.2, 0.25) is 0 Å². The molecule has 5 nitrogen and oxygen atoms in total. The first-order chi connectivity index (χ1) is 9.70. The molecular formula is C14H16FN3O2. The molecule has 0 spiro atoms. The molecule has 0 saturated heterocycles. The van der Waals surface area contributed by atoms with E-state index < -0.39 is 5.82 Å². The second kappa shape index (κ2) is 6.70. The van der Waals surface area contributed by atoms with E-state index >= 15 is 0 Å². The highest BCUT2D eigenvalue weighted by molar-refractivity contribution is 5.98. The maximum absolute atomic E-state index is 13.7. The number of aromatic amines is 1. The monoisotopic (exact) mass is 277 g/mol. The molecule has 1 aromatic heterocycles. The summed E-state index contributed by atoms with van der Waals surface area (Å²) in [7, 11) is 0. The zero-order valence-electron chi connectivity index (χ0n) is 11.1. The molecule has 0 amide bonds. The first kappa shape index (κ1) is 14.0. The van der Waals surface area contributed by atoms with E-state index in [0.717, 1.165) is 18.5 Å². The van der Waals surface area contributed by atoms with Gasteiger partial charge in [-0.25, -0.2) is 9.37 Å². The Hall–Kier alpha value is -2.37. The summed E-state index contributed by atoms with van der Waals surface area (Å²) in [6.45, 7) is 2.02. The highest BCUT2D eigenvalue weighted by Gasteiger charge is 2.07. The van der Waals surface area contributed by atoms with E-state index in [1.807, 2.05) is 6.20 Å². The topological polar surface area (TPSA) is 70.5 Å². The van der Waals surface area contributed by atoms with E-state index in [2.05, 4.69) is 15.1 Å². The van der Waals surface area contributed by atoms with Crippen molar-refractivity contribution in [2.45, 2.75) is 19.8 Å². The molecule has 0 bridgehead atoms. The van der Waals surface area contributed by atoms with Crippen LogP contribution in [0.5, 0.6) is 5.75 Å². The number of nitrogens with zero attached hydrogens (tertiary/aromatic N) is 2. The molecule has 2 N–H and O–H groups in total. The van der Waals surface area contributed by atoms with Crippen LogP contribution < -0.4 is 4.74 Å². The third kappa shape index (κ3) is 3.57. The lowest BCUT2D eigenvalue weighted by atomic mass is 10.1. The molecule has 20 heavy (non-hydrogen) atoms. The SMILES string of the molecule is C/C(=N\O)c1ccc(OCCCc2c[nH]cn2)cc1F. The Morgan fingerprint density at radius 1 is 1.50 bits per heavy atom. The second-order valence-corrected chi connectivity index (χ2v) is 4.34. The Balaban J connectivity index is 1.86. The standard InChI is InChI=1S/C14H16FN3O2/c1-10(18-19)13-5-4-12(7-14(13)15)20-6-2-3-11-8-16-9-17-11/h4-5,7-9,19H,2-3,6H2,1H3,(H,16,17)/b18-10+. The molecule has 0 saturated carbocycles. The van der Waals surface area contributed by atoms with Gasteiger partial charge in [-0.15, -0.1) is 0 Å². The fourth-order valence-corrected chi connectivity index (χ4v) is 1.80. The zero-order valence-corrected chi connectivity index (χ0v) is 11.1. The minimum absolute atomic E-state index is 0.229. The molecule has 1 heterocycles. The molecule has 0 unspecified atom stereocenters. The molecule has 0 aliphatic rings. The number of benzene rings is 1. The van der Waals surface area contributed by atoms with Gasteiger partial charge in [0, 0.05) is 17.8 Å². The third-order valence-corrected chi connectivity index (χ3v) is 2.88. The van der Waals surface area contributed by atoms with Crippen molar-refractivity contribution in [2.24, 2.45) is 5.16 Å². The molecule has 0 aliphatic heterocycles. The summed E-state index contributed by atoms with van der Waals surface area (Å²) in [5, 5.41) is 11.6. The van der Waals surface area contributed by atoms with Gasteiger partial charge < -0.3 is 14.9 Å². The number of nitrogens with one attached hydrogen (secondary N) is 1. The van der Waals surface area contributed by atoms with Gasteiger partial charge in [0.05, 0.1) is 24.3 Å². The van der Waals surface area contributed by atoms with Gasteiger partial charge in [0.15, 0.2) is 0 Å². The smallest absolute Gasteiger partial charge is 0.136 e. The van der Waals surface area contributed by atoms with Gasteiger partial charge in [-0.1, -0.05) is 5.16 Å². The van der Waals surface area contributed by atoms with Crippen molar-refractivity contribution in [1.82, 2.24) is 9.97 Å². The van der Waals surface area contributed by atoms with Gasteiger partial charge in [0.2, 0.25) is 0 Å². The Kier molecular flexibility index (Phi) is 4.70. The highest BCUT2D eigenvalue weighted by atomic mass is 19.1. The van der Waals surface area contributed by atoms with E-state index in [-0.39, 0.29) is 11.3 Å². The largest absolute Gasteiger partial charge is 0.493 e. The number of imidazole rings is 1. The number of H-pyrrole nitrogens is 1. The number of oxime groups is 1. The van der Waals surface area contributed by atoms with Gasteiger partial charge in [-0.3, -0.25) is 0 Å². The van der Waals surface area contributed by atoms with Crippen LogP contribution in [0.15, 0.2) is 35.9 Å². The van der Waals surface area contributed by atoms with E-state index in [1.165, 1.54) is 19.1 Å². The van der Waals surface area contributed by atoms with E-state index in [9.17, 15) is 4.39 Å². The Labute approximate surface area is 116 Å². The molecule has 0 atom stereocenters. The summed E-state index contributed by atoms with van der Waals surface area (Å²) in [4.78, 5) is 6.99. The summed E-state index contributed by atoms with van der Waals surface area (Å²) in [6.07, 6.45) is 5.08. The van der Waals surface area contributed by atoms with Crippen molar-refractivity contribution in [3.05, 3.63) is 47.8 Å². The van der Waals surface area contributed by atoms with Gasteiger partial charge in [0.25, 0.3) is 0 Å². The molecule has 106 valence electrons. The van der Waals surface area contributed by atoms with Gasteiger partial charge in [-0.05, 0) is 31.9 Å². The fourth-order valence-electron chi connectivity index (χ4n) is 1.80. The first-order valence-corrected chi connectivity index (χ1v) is 6.29. The quantitative estimate of drug-likeness (QED) is 0.369. The number of halogens is 1. The van der Waals surface area contributed by atoms with Crippen LogP contribution in [0, 0.1) is 5.82 Å². The summed E-state index contributed by atoms with van der Waals surface area (Å²) >= 11 is 0. The van der Waals surface area contributed by atoms with E-state index in [1.54, 1.807) is 12.4 Å². The number of rotatable bonds is 6. The van der Waals surface area contributed by atoms with Crippen LogP contribution in [-0.4, -0.2) is 27.5 Å². The zero-order chi connectivity index (χ0) is 14.4. The number of aromatic nitrogens is 2. The maximum atomic E-state index is 13.7. The van der Waals surface area contributed by atoms with Crippen molar-refractivity contribution in [3.63, 3.8) is 0 Å². The molecule has 2 aromatic rings. The fraction of sp³-hybridized carbons (Fsp3) is 0.286. The van der Waals surface area contributed by atoms with Gasteiger partial charge >= 0.3 is 0 Å². The Morgan fingerprint density at radius 3 is 3.00 bits per heavy atom. The van der Waals surface area contributed by atoms with Crippen LogP contribution in [0.25, 0.3) is 0 Å². The van der Waals surface area contributed by atoms with Gasteiger partial charge in [-0.2, -0.15) is 0 Å². The molecule has 0 aliphatic carbocycles. The summed E-state index contributed by atoms with van der Waals surface area (Å²) in [6, 6.07) is 4.48. The van der Waals surface area contributed by atoms with Crippen LogP contribution in [-0.2, 0) is 6.42 Å². The molecule has 2 rings (SSSR count). The van der Waals surface area contributed by atoms with Crippen molar-refractivity contribution in [1.29, 1.82) is 0 Å². The summed E-state index contributed by atoms with van der Waals surface area (Å²) in [5.74, 6) is -0.0101. The number of hydrogen-bond donors (Lipinski definition) is 2. The lowest BCUT2D eigenvalue weighted by Gasteiger charge is -2.07. The summed E-state index contributed by atoms with van der Waals surface area (Å²) in [5.41, 5.74) is 1.47. The van der Waals surface area contributed by atoms with E-state index in [4.69, 9.17) is 9.94 Å².